The summed E-state index contributed by atoms with van der Waals surface area (Å²) in [5, 5.41) is 11.9. The number of halogens is 5. The van der Waals surface area contributed by atoms with Crippen molar-refractivity contribution in [3.8, 4) is 0 Å². The van der Waals surface area contributed by atoms with E-state index in [2.05, 4.69) is 5.32 Å². The normalized spacial score (nSPS) is 15.2. The lowest BCUT2D eigenvalue weighted by atomic mass is 9.78. The Labute approximate surface area is 144 Å². The van der Waals surface area contributed by atoms with Gasteiger partial charge >= 0.3 is 7.12 Å². The van der Waals surface area contributed by atoms with Gasteiger partial charge in [-0.2, -0.15) is 0 Å². The molecule has 136 valence electrons. The number of hydrogen-bond donors (Lipinski definition) is 2. The SMILES string of the molecule is CC1(C)OB(O)c2cc(NC(=O)c3c(F)c(F)c(F)c(F)c3F)ccc21. The van der Waals surface area contributed by atoms with Gasteiger partial charge in [-0.15, -0.1) is 0 Å². The zero-order chi connectivity index (χ0) is 19.4. The summed E-state index contributed by atoms with van der Waals surface area (Å²) in [5.74, 6) is -12.8. The molecule has 2 aromatic carbocycles. The minimum Gasteiger partial charge on any atom is -0.423 e. The number of hydrogen-bond acceptors (Lipinski definition) is 3. The van der Waals surface area contributed by atoms with Gasteiger partial charge in [-0.25, -0.2) is 22.0 Å². The highest BCUT2D eigenvalue weighted by Crippen LogP contribution is 2.31. The number of carbonyl (C=O) groups excluding carboxylic acids is 1. The van der Waals surface area contributed by atoms with Crippen molar-refractivity contribution in [3.05, 3.63) is 58.4 Å². The summed E-state index contributed by atoms with van der Waals surface area (Å²) in [4.78, 5) is 12.0. The molecular weight excluding hydrogens is 360 g/mol. The fourth-order valence-corrected chi connectivity index (χ4v) is 2.80. The molecule has 0 unspecified atom stereocenters. The molecule has 0 saturated carbocycles. The number of carbonyl (C=O) groups is 1. The van der Waals surface area contributed by atoms with Crippen LogP contribution in [0.4, 0.5) is 27.6 Å². The average Bonchev–Trinajstić information content (AvgIpc) is 2.80. The largest absolute Gasteiger partial charge is 0.492 e. The van der Waals surface area contributed by atoms with Crippen LogP contribution in [0.25, 0.3) is 0 Å². The maximum atomic E-state index is 13.7. The Hall–Kier alpha value is -2.46. The van der Waals surface area contributed by atoms with Crippen molar-refractivity contribution in [2.75, 3.05) is 5.32 Å². The standard InChI is InChI=1S/C16H11BF5NO3/c1-16(2)7-4-3-6(5-8(7)17(25)26-16)23-15(24)9-10(18)12(20)14(22)13(21)11(9)19/h3-5,25H,1-2H3,(H,23,24). The highest BCUT2D eigenvalue weighted by molar-refractivity contribution is 6.62. The molecule has 26 heavy (non-hydrogen) atoms. The Morgan fingerprint density at radius 2 is 1.58 bits per heavy atom. The third-order valence-electron chi connectivity index (χ3n) is 4.07. The first-order valence-corrected chi connectivity index (χ1v) is 7.37. The molecule has 2 aromatic rings. The summed E-state index contributed by atoms with van der Waals surface area (Å²) in [7, 11) is -1.29. The molecule has 0 radical (unpaired) electrons. The van der Waals surface area contributed by atoms with Gasteiger partial charge in [0.25, 0.3) is 5.91 Å². The van der Waals surface area contributed by atoms with Gasteiger partial charge in [0.05, 0.1) is 5.60 Å². The summed E-state index contributed by atoms with van der Waals surface area (Å²) in [6.07, 6.45) is 0. The van der Waals surface area contributed by atoms with Crippen molar-refractivity contribution in [3.63, 3.8) is 0 Å². The van der Waals surface area contributed by atoms with E-state index in [1.165, 1.54) is 18.2 Å². The Bertz CT molecular complexity index is 906. The van der Waals surface area contributed by atoms with Crippen molar-refractivity contribution in [1.82, 2.24) is 0 Å². The van der Waals surface area contributed by atoms with E-state index in [0.29, 0.717) is 11.0 Å². The van der Waals surface area contributed by atoms with Crippen LogP contribution in [0.2, 0.25) is 0 Å². The van der Waals surface area contributed by atoms with Crippen LogP contribution < -0.4 is 10.8 Å². The average molecular weight is 371 g/mol. The Balaban J connectivity index is 1.97. The number of anilines is 1. The van der Waals surface area contributed by atoms with Crippen molar-refractivity contribution in [2.45, 2.75) is 19.4 Å². The van der Waals surface area contributed by atoms with Gasteiger partial charge in [-0.05, 0) is 37.0 Å². The second-order valence-corrected chi connectivity index (χ2v) is 6.18. The van der Waals surface area contributed by atoms with Crippen molar-refractivity contribution >= 4 is 24.2 Å². The molecule has 0 fully saturated rings. The lowest BCUT2D eigenvalue weighted by Crippen LogP contribution is -2.29. The van der Waals surface area contributed by atoms with Crippen LogP contribution in [0.5, 0.6) is 0 Å². The Morgan fingerprint density at radius 3 is 2.15 bits per heavy atom. The van der Waals surface area contributed by atoms with Crippen molar-refractivity contribution in [1.29, 1.82) is 0 Å². The van der Waals surface area contributed by atoms with Gasteiger partial charge in [0.15, 0.2) is 23.3 Å². The van der Waals surface area contributed by atoms with E-state index < -0.39 is 53.3 Å². The molecule has 1 amide bonds. The van der Waals surface area contributed by atoms with Gasteiger partial charge < -0.3 is 15.0 Å². The molecule has 1 aliphatic heterocycles. The number of benzene rings is 2. The minimum absolute atomic E-state index is 0.0157. The first-order chi connectivity index (χ1) is 12.0. The van der Waals surface area contributed by atoms with E-state index >= 15 is 0 Å². The molecule has 10 heteroatoms. The fourth-order valence-electron chi connectivity index (χ4n) is 2.80. The predicted octanol–water partition coefficient (Wildman–Crippen LogP) is 2.59. The maximum absolute atomic E-state index is 13.7. The highest BCUT2D eigenvalue weighted by atomic mass is 19.2. The minimum atomic E-state index is -2.35. The molecule has 0 aliphatic carbocycles. The molecule has 0 atom stereocenters. The van der Waals surface area contributed by atoms with Crippen LogP contribution in [0.3, 0.4) is 0 Å². The maximum Gasteiger partial charge on any atom is 0.492 e. The third kappa shape index (κ3) is 2.75. The van der Waals surface area contributed by atoms with E-state index in [1.54, 1.807) is 13.8 Å². The van der Waals surface area contributed by atoms with Crippen LogP contribution in [-0.4, -0.2) is 18.0 Å². The fraction of sp³-hybridized carbons (Fsp3) is 0.188. The van der Waals surface area contributed by atoms with E-state index in [-0.39, 0.29) is 5.69 Å². The summed E-state index contributed by atoms with van der Waals surface area (Å²) in [5.41, 5.74) is -1.47. The highest BCUT2D eigenvalue weighted by Gasteiger charge is 2.40. The van der Waals surface area contributed by atoms with Crippen LogP contribution >= 0.6 is 0 Å². The lowest BCUT2D eigenvalue weighted by molar-refractivity contribution is 0.100. The van der Waals surface area contributed by atoms with Crippen LogP contribution in [0, 0.1) is 29.1 Å². The molecule has 4 nitrogen and oxygen atoms in total. The predicted molar refractivity (Wildman–Crippen MR) is 82.3 cm³/mol. The monoisotopic (exact) mass is 371 g/mol. The first kappa shape index (κ1) is 18.3. The number of amides is 1. The van der Waals surface area contributed by atoms with Crippen LogP contribution in [0.1, 0.15) is 29.8 Å². The summed E-state index contributed by atoms with van der Waals surface area (Å²) < 4.78 is 72.2. The molecule has 1 aliphatic rings. The number of rotatable bonds is 2. The molecule has 0 spiro atoms. The lowest BCUT2D eigenvalue weighted by Gasteiger charge is -2.19. The van der Waals surface area contributed by atoms with Crippen molar-refractivity contribution in [2.24, 2.45) is 0 Å². The van der Waals surface area contributed by atoms with Gasteiger partial charge in [-0.1, -0.05) is 6.07 Å². The summed E-state index contributed by atoms with van der Waals surface area (Å²) in [6.45, 7) is 3.41. The quantitative estimate of drug-likeness (QED) is 0.369. The van der Waals surface area contributed by atoms with Crippen molar-refractivity contribution < 1.29 is 36.4 Å². The van der Waals surface area contributed by atoms with Crippen LogP contribution in [-0.2, 0) is 10.3 Å². The van der Waals surface area contributed by atoms with E-state index in [0.717, 1.165) is 0 Å². The molecule has 3 rings (SSSR count). The smallest absolute Gasteiger partial charge is 0.423 e. The van der Waals surface area contributed by atoms with Gasteiger partial charge in [-0.3, -0.25) is 4.79 Å². The van der Waals surface area contributed by atoms with E-state index in [9.17, 15) is 31.8 Å². The third-order valence-corrected chi connectivity index (χ3v) is 4.07. The zero-order valence-corrected chi connectivity index (χ0v) is 13.5. The molecular formula is C16H11BF5NO3. The van der Waals surface area contributed by atoms with Gasteiger partial charge in [0.2, 0.25) is 5.82 Å². The second-order valence-electron chi connectivity index (χ2n) is 6.18. The number of fused-ring (bicyclic) bond motifs is 1. The molecule has 0 bridgehead atoms. The molecule has 0 aromatic heterocycles. The molecule has 2 N–H and O–H groups in total. The summed E-state index contributed by atoms with van der Waals surface area (Å²) in [6, 6.07) is 4.16. The van der Waals surface area contributed by atoms with E-state index in [4.69, 9.17) is 4.65 Å². The van der Waals surface area contributed by atoms with Crippen LogP contribution in [0.15, 0.2) is 18.2 Å². The van der Waals surface area contributed by atoms with Gasteiger partial charge in [0.1, 0.15) is 5.56 Å². The molecule has 1 heterocycles. The first-order valence-electron chi connectivity index (χ1n) is 7.37. The topological polar surface area (TPSA) is 58.6 Å². The Morgan fingerprint density at radius 1 is 1.04 bits per heavy atom. The Kier molecular flexibility index (Phi) is 4.28. The van der Waals surface area contributed by atoms with E-state index in [1.807, 2.05) is 0 Å². The number of nitrogens with one attached hydrogen (secondary N) is 1. The molecule has 0 saturated heterocycles. The zero-order valence-electron chi connectivity index (χ0n) is 13.5. The summed E-state index contributed by atoms with van der Waals surface area (Å²) >= 11 is 0. The van der Waals surface area contributed by atoms with Gasteiger partial charge in [0, 0.05) is 5.69 Å². The second kappa shape index (κ2) is 6.06.